The van der Waals surface area contributed by atoms with Crippen LogP contribution in [0.25, 0.3) is 11.3 Å². The molecule has 0 bridgehead atoms. The molecule has 2 heterocycles. The molecule has 1 saturated heterocycles. The highest BCUT2D eigenvalue weighted by atomic mass is 19.1. The lowest BCUT2D eigenvalue weighted by Gasteiger charge is -2.36. The summed E-state index contributed by atoms with van der Waals surface area (Å²) in [6.07, 6.45) is 2.00. The first kappa shape index (κ1) is 23.3. The summed E-state index contributed by atoms with van der Waals surface area (Å²) in [7, 11) is 1.69. The number of rotatable bonds is 7. The molecule has 3 aromatic rings. The third-order valence-electron chi connectivity index (χ3n) is 6.25. The zero-order valence-corrected chi connectivity index (χ0v) is 20.2. The Bertz CT molecular complexity index is 1050. The van der Waals surface area contributed by atoms with Crippen LogP contribution in [0.1, 0.15) is 32.9 Å². The fraction of sp³-hybridized carbons (Fsp3) is 0.444. The molecule has 2 aromatic carbocycles. The number of methoxy groups -OCH3 is 1. The van der Waals surface area contributed by atoms with Crippen molar-refractivity contribution in [2.45, 2.75) is 39.2 Å². The standard InChI is InChI=1S/C27H35FN4O/c1-27(2,3)32-26(21-11-13-23(33-4)14-12-21)20-22(29-32)8-7-15-30-16-18-31(19-17-30)25-10-6-5-9-24(25)28/h5-6,9-14,20H,7-8,15-19H2,1-4H3. The Kier molecular flexibility index (Phi) is 7.03. The van der Waals surface area contributed by atoms with Crippen LogP contribution in [0, 0.1) is 5.82 Å². The first-order valence-corrected chi connectivity index (χ1v) is 11.8. The van der Waals surface area contributed by atoms with Crippen molar-refractivity contribution in [3.63, 3.8) is 0 Å². The fourth-order valence-corrected chi connectivity index (χ4v) is 4.44. The van der Waals surface area contributed by atoms with E-state index in [2.05, 4.69) is 53.5 Å². The smallest absolute Gasteiger partial charge is 0.146 e. The minimum atomic E-state index is -0.131. The van der Waals surface area contributed by atoms with Crippen molar-refractivity contribution in [3.05, 3.63) is 66.1 Å². The molecule has 4 rings (SSSR count). The van der Waals surface area contributed by atoms with Gasteiger partial charge in [0.1, 0.15) is 11.6 Å². The summed E-state index contributed by atoms with van der Waals surface area (Å²) in [5.74, 6) is 0.726. The predicted octanol–water partition coefficient (Wildman–Crippen LogP) is 5.21. The number of anilines is 1. The molecule has 176 valence electrons. The summed E-state index contributed by atoms with van der Waals surface area (Å²) in [6.45, 7) is 11.2. The Labute approximate surface area is 196 Å². The van der Waals surface area contributed by atoms with E-state index >= 15 is 0 Å². The summed E-state index contributed by atoms with van der Waals surface area (Å²) in [4.78, 5) is 4.63. The Hall–Kier alpha value is -2.86. The third kappa shape index (κ3) is 5.56. The molecule has 6 heteroatoms. The van der Waals surface area contributed by atoms with E-state index in [9.17, 15) is 4.39 Å². The maximum absolute atomic E-state index is 14.1. The summed E-state index contributed by atoms with van der Waals surface area (Å²) < 4.78 is 21.5. The minimum Gasteiger partial charge on any atom is -0.497 e. The Morgan fingerprint density at radius 3 is 2.30 bits per heavy atom. The third-order valence-corrected chi connectivity index (χ3v) is 6.25. The van der Waals surface area contributed by atoms with Crippen molar-refractivity contribution in [3.8, 4) is 17.0 Å². The second-order valence-electron chi connectivity index (χ2n) is 9.72. The van der Waals surface area contributed by atoms with Crippen molar-refractivity contribution in [2.75, 3.05) is 44.7 Å². The van der Waals surface area contributed by atoms with Crippen molar-refractivity contribution in [2.24, 2.45) is 0 Å². The van der Waals surface area contributed by atoms with E-state index in [0.29, 0.717) is 0 Å². The normalized spacial score (nSPS) is 15.1. The quantitative estimate of drug-likeness (QED) is 0.495. The van der Waals surface area contributed by atoms with Gasteiger partial charge in [-0.1, -0.05) is 12.1 Å². The van der Waals surface area contributed by atoms with Gasteiger partial charge in [-0.05, 0) is 82.6 Å². The molecule has 0 unspecified atom stereocenters. The number of aromatic nitrogens is 2. The zero-order chi connectivity index (χ0) is 23.4. The van der Waals surface area contributed by atoms with E-state index in [1.54, 1.807) is 19.2 Å². The lowest BCUT2D eigenvalue weighted by Crippen LogP contribution is -2.47. The van der Waals surface area contributed by atoms with Crippen LogP contribution >= 0.6 is 0 Å². The van der Waals surface area contributed by atoms with Gasteiger partial charge in [-0.15, -0.1) is 0 Å². The van der Waals surface area contributed by atoms with Gasteiger partial charge in [0.2, 0.25) is 0 Å². The van der Waals surface area contributed by atoms with Gasteiger partial charge >= 0.3 is 0 Å². The van der Waals surface area contributed by atoms with Gasteiger partial charge in [-0.3, -0.25) is 9.58 Å². The van der Waals surface area contributed by atoms with Gasteiger partial charge in [0.05, 0.1) is 29.7 Å². The second-order valence-corrected chi connectivity index (χ2v) is 9.72. The van der Waals surface area contributed by atoms with E-state index in [4.69, 9.17) is 9.84 Å². The van der Waals surface area contributed by atoms with Gasteiger partial charge in [-0.25, -0.2) is 4.39 Å². The number of ether oxygens (including phenoxy) is 1. The largest absolute Gasteiger partial charge is 0.497 e. The van der Waals surface area contributed by atoms with Crippen LogP contribution in [-0.4, -0.2) is 54.5 Å². The van der Waals surface area contributed by atoms with Crippen LogP contribution < -0.4 is 9.64 Å². The van der Waals surface area contributed by atoms with Crippen molar-refractivity contribution < 1.29 is 9.13 Å². The number of piperazine rings is 1. The lowest BCUT2D eigenvalue weighted by atomic mass is 10.1. The highest BCUT2D eigenvalue weighted by Gasteiger charge is 2.22. The van der Waals surface area contributed by atoms with Crippen LogP contribution in [0.5, 0.6) is 5.75 Å². The lowest BCUT2D eigenvalue weighted by molar-refractivity contribution is 0.254. The van der Waals surface area contributed by atoms with Crippen LogP contribution in [0.2, 0.25) is 0 Å². The SMILES string of the molecule is COc1ccc(-c2cc(CCCN3CCN(c4ccccc4F)CC3)nn2C(C)(C)C)cc1. The van der Waals surface area contributed by atoms with Crippen LogP contribution in [0.3, 0.4) is 0 Å². The highest BCUT2D eigenvalue weighted by Crippen LogP contribution is 2.28. The van der Waals surface area contributed by atoms with Gasteiger partial charge in [-0.2, -0.15) is 5.10 Å². The first-order valence-electron chi connectivity index (χ1n) is 11.8. The number of para-hydroxylation sites is 1. The molecule has 1 aliphatic heterocycles. The Morgan fingerprint density at radius 1 is 0.970 bits per heavy atom. The van der Waals surface area contributed by atoms with Crippen LogP contribution in [0.4, 0.5) is 10.1 Å². The Balaban J connectivity index is 1.35. The molecule has 1 aromatic heterocycles. The number of hydrogen-bond acceptors (Lipinski definition) is 4. The predicted molar refractivity (Wildman–Crippen MR) is 133 cm³/mol. The number of hydrogen-bond donors (Lipinski definition) is 0. The molecule has 0 spiro atoms. The monoisotopic (exact) mass is 450 g/mol. The number of benzene rings is 2. The van der Waals surface area contributed by atoms with Gasteiger partial charge in [0, 0.05) is 31.7 Å². The minimum absolute atomic E-state index is 0.101. The van der Waals surface area contributed by atoms with Crippen molar-refractivity contribution in [1.29, 1.82) is 0 Å². The van der Waals surface area contributed by atoms with E-state index in [1.165, 1.54) is 0 Å². The maximum Gasteiger partial charge on any atom is 0.146 e. The van der Waals surface area contributed by atoms with Gasteiger partial charge < -0.3 is 9.64 Å². The molecule has 0 N–H and O–H groups in total. The summed E-state index contributed by atoms with van der Waals surface area (Å²) in [5.41, 5.74) is 4.03. The summed E-state index contributed by atoms with van der Waals surface area (Å²) >= 11 is 0. The Morgan fingerprint density at radius 2 is 1.67 bits per heavy atom. The topological polar surface area (TPSA) is 33.5 Å². The molecule has 0 radical (unpaired) electrons. The first-order chi connectivity index (χ1) is 15.8. The summed E-state index contributed by atoms with van der Waals surface area (Å²) in [6, 6.07) is 17.5. The summed E-state index contributed by atoms with van der Waals surface area (Å²) in [5, 5.41) is 4.96. The molecular formula is C27H35FN4O. The molecule has 33 heavy (non-hydrogen) atoms. The van der Waals surface area contributed by atoms with Crippen LogP contribution in [-0.2, 0) is 12.0 Å². The molecule has 5 nitrogen and oxygen atoms in total. The average Bonchev–Trinajstić information content (AvgIpc) is 3.25. The van der Waals surface area contributed by atoms with E-state index in [0.717, 1.165) is 74.0 Å². The second kappa shape index (κ2) is 9.96. The zero-order valence-electron chi connectivity index (χ0n) is 20.2. The van der Waals surface area contributed by atoms with Crippen LogP contribution in [0.15, 0.2) is 54.6 Å². The number of aryl methyl sites for hydroxylation is 1. The molecule has 0 saturated carbocycles. The van der Waals surface area contributed by atoms with E-state index < -0.39 is 0 Å². The molecule has 0 atom stereocenters. The highest BCUT2D eigenvalue weighted by molar-refractivity contribution is 5.61. The van der Waals surface area contributed by atoms with E-state index in [-0.39, 0.29) is 11.4 Å². The molecular weight excluding hydrogens is 415 g/mol. The fourth-order valence-electron chi connectivity index (χ4n) is 4.44. The van der Waals surface area contributed by atoms with Crippen molar-refractivity contribution >= 4 is 5.69 Å². The van der Waals surface area contributed by atoms with Crippen molar-refractivity contribution in [1.82, 2.24) is 14.7 Å². The van der Waals surface area contributed by atoms with Gasteiger partial charge in [0.15, 0.2) is 0 Å². The molecule has 1 aliphatic rings. The molecule has 0 aliphatic carbocycles. The average molecular weight is 451 g/mol. The maximum atomic E-state index is 14.1. The van der Waals surface area contributed by atoms with E-state index in [1.807, 2.05) is 24.3 Å². The molecule has 1 fully saturated rings. The molecule has 0 amide bonds. The number of nitrogens with zero attached hydrogens (tertiary/aromatic N) is 4. The van der Waals surface area contributed by atoms with Gasteiger partial charge in [0.25, 0.3) is 0 Å². The number of halogens is 1.